The number of carbonyl (C=O) groups excluding carboxylic acids is 3. The molecule has 2 atom stereocenters. The van der Waals surface area contributed by atoms with E-state index in [1.807, 2.05) is 49.4 Å². The first-order valence-electron chi connectivity index (χ1n) is 15.1. The molecule has 11 heteroatoms. The zero-order chi connectivity index (χ0) is 31.3. The highest BCUT2D eigenvalue weighted by atomic mass is 16.5. The number of esters is 1. The van der Waals surface area contributed by atoms with Gasteiger partial charge in [-0.3, -0.25) is 24.0 Å². The van der Waals surface area contributed by atoms with Gasteiger partial charge in [-0.2, -0.15) is 0 Å². The summed E-state index contributed by atoms with van der Waals surface area (Å²) in [6, 6.07) is 13.2. The van der Waals surface area contributed by atoms with Gasteiger partial charge in [-0.05, 0) is 55.5 Å². The number of rotatable bonds is 13. The van der Waals surface area contributed by atoms with E-state index < -0.39 is 17.4 Å². The van der Waals surface area contributed by atoms with E-state index in [1.54, 1.807) is 32.8 Å². The summed E-state index contributed by atoms with van der Waals surface area (Å²) < 4.78 is 6.43. The zero-order valence-electron chi connectivity index (χ0n) is 25.2. The number of aliphatic hydroxyl groups is 2. The number of benzene rings is 2. The monoisotopic (exact) mass is 601 g/mol. The van der Waals surface area contributed by atoms with Crippen LogP contribution in [0.25, 0.3) is 0 Å². The third-order valence-electron chi connectivity index (χ3n) is 8.40. The number of fused-ring (bicyclic) bond motifs is 2. The van der Waals surface area contributed by atoms with Crippen molar-refractivity contribution in [3.05, 3.63) is 77.6 Å². The Balaban J connectivity index is 1.42. The average molecular weight is 602 g/mol. The fourth-order valence-corrected chi connectivity index (χ4v) is 5.97. The minimum atomic E-state index is -1.86. The van der Waals surface area contributed by atoms with Crippen LogP contribution in [0.15, 0.2) is 60.8 Å². The predicted molar refractivity (Wildman–Crippen MR) is 164 cm³/mol. The van der Waals surface area contributed by atoms with Gasteiger partial charge in [0.1, 0.15) is 0 Å². The van der Waals surface area contributed by atoms with E-state index in [9.17, 15) is 19.5 Å². The van der Waals surface area contributed by atoms with E-state index in [1.165, 1.54) is 7.11 Å². The molecular weight excluding hydrogens is 562 g/mol. The third kappa shape index (κ3) is 6.15. The summed E-state index contributed by atoms with van der Waals surface area (Å²) in [6.07, 6.45) is 8.95. The van der Waals surface area contributed by atoms with Crippen molar-refractivity contribution in [3.63, 3.8) is 0 Å². The molecule has 0 spiro atoms. The number of aryl methyl sites for hydroxylation is 2. The van der Waals surface area contributed by atoms with Gasteiger partial charge in [-0.15, -0.1) is 5.10 Å². The van der Waals surface area contributed by atoms with Crippen LogP contribution in [0.2, 0.25) is 0 Å². The molecule has 2 aromatic carbocycles. The van der Waals surface area contributed by atoms with E-state index in [0.29, 0.717) is 74.2 Å². The summed E-state index contributed by atoms with van der Waals surface area (Å²) in [5.74, 6) is -1.37. The molecule has 3 heterocycles. The molecule has 0 bridgehead atoms. The Morgan fingerprint density at radius 2 is 1.93 bits per heavy atom. The number of ether oxygens (including phenoxy) is 1. The van der Waals surface area contributed by atoms with Crippen LogP contribution in [0.5, 0.6) is 0 Å². The van der Waals surface area contributed by atoms with E-state index >= 15 is 0 Å². The fraction of sp³-hybridized carbons (Fsp3) is 0.424. The van der Waals surface area contributed by atoms with Crippen LogP contribution in [-0.4, -0.2) is 63.3 Å². The number of aliphatic hydroxyl groups excluding tert-OH is 1. The molecule has 3 aromatic rings. The lowest BCUT2D eigenvalue weighted by molar-refractivity contribution is -0.140. The Morgan fingerprint density at radius 1 is 1.11 bits per heavy atom. The molecule has 2 N–H and O–H groups in total. The second-order valence-electron chi connectivity index (χ2n) is 11.3. The average Bonchev–Trinajstić information content (AvgIpc) is 3.57. The number of carbonyl (C=O) groups is 3. The highest BCUT2D eigenvalue weighted by Gasteiger charge is 2.52. The Kier molecular flexibility index (Phi) is 9.55. The van der Waals surface area contributed by atoms with Gasteiger partial charge in [0.2, 0.25) is 5.91 Å². The number of unbranched alkanes of at least 4 members (excludes halogenated alkanes) is 1. The Hall–Kier alpha value is -4.35. The molecule has 1 aromatic heterocycles. The number of hydrogen-bond acceptors (Lipinski definition) is 8. The molecule has 0 saturated heterocycles. The van der Waals surface area contributed by atoms with Crippen LogP contribution < -0.4 is 9.80 Å². The van der Waals surface area contributed by atoms with Gasteiger partial charge >= 0.3 is 5.97 Å². The van der Waals surface area contributed by atoms with Crippen molar-refractivity contribution in [2.24, 2.45) is 5.92 Å². The molecule has 0 radical (unpaired) electrons. The number of para-hydroxylation sites is 1. The standard InChI is InChI=1S/C33H39N5O6/c1-23(9-5-7-18-36-22-25(17-20-39)34-35-36)33(43)27-21-26(38-28-11-4-3-10-24(28)13-16-30(38)40)14-15-29(27)37(32(33)42)19-8-6-12-31(41)44-2/h3-5,9-11,14-15,21-23,39,43H,6-8,12-13,16-20H2,1-2H3/b9-5+/t23-,33+/m1/s1. The number of aromatic nitrogens is 3. The molecule has 2 aliphatic rings. The van der Waals surface area contributed by atoms with Crippen molar-refractivity contribution in [2.45, 2.75) is 64.0 Å². The van der Waals surface area contributed by atoms with Gasteiger partial charge in [0, 0.05) is 62.3 Å². The molecule has 2 aliphatic heterocycles. The maximum Gasteiger partial charge on any atom is 0.305 e. The maximum absolute atomic E-state index is 14.0. The van der Waals surface area contributed by atoms with Crippen molar-refractivity contribution in [2.75, 3.05) is 30.1 Å². The molecule has 232 valence electrons. The van der Waals surface area contributed by atoms with Gasteiger partial charge in [-0.1, -0.05) is 42.5 Å². The first-order valence-corrected chi connectivity index (χ1v) is 15.1. The Morgan fingerprint density at radius 3 is 2.73 bits per heavy atom. The second-order valence-corrected chi connectivity index (χ2v) is 11.3. The van der Waals surface area contributed by atoms with Crippen molar-refractivity contribution < 1.29 is 29.3 Å². The van der Waals surface area contributed by atoms with Gasteiger partial charge in [0.15, 0.2) is 5.60 Å². The number of hydrogen-bond donors (Lipinski definition) is 2. The molecule has 0 saturated carbocycles. The second kappa shape index (κ2) is 13.5. The summed E-state index contributed by atoms with van der Waals surface area (Å²) >= 11 is 0. The predicted octanol–water partition coefficient (Wildman–Crippen LogP) is 3.58. The molecule has 44 heavy (non-hydrogen) atoms. The quantitative estimate of drug-likeness (QED) is 0.172. The normalized spacial score (nSPS) is 18.5. The van der Waals surface area contributed by atoms with Crippen molar-refractivity contribution in [1.82, 2.24) is 15.0 Å². The van der Waals surface area contributed by atoms with Gasteiger partial charge in [0.25, 0.3) is 5.91 Å². The summed E-state index contributed by atoms with van der Waals surface area (Å²) in [5.41, 5.74) is 2.37. The first kappa shape index (κ1) is 31.1. The highest BCUT2D eigenvalue weighted by molar-refractivity contribution is 6.09. The van der Waals surface area contributed by atoms with Crippen LogP contribution in [0.3, 0.4) is 0 Å². The van der Waals surface area contributed by atoms with Gasteiger partial charge in [0.05, 0.1) is 24.2 Å². The summed E-state index contributed by atoms with van der Waals surface area (Å²) in [4.78, 5) is 42.1. The van der Waals surface area contributed by atoms with E-state index in [0.717, 1.165) is 11.3 Å². The van der Waals surface area contributed by atoms with Crippen molar-refractivity contribution in [3.8, 4) is 0 Å². The Bertz CT molecular complexity index is 1550. The number of allylic oxidation sites excluding steroid dienone is 1. The van der Waals surface area contributed by atoms with Crippen molar-refractivity contribution >= 4 is 34.8 Å². The van der Waals surface area contributed by atoms with Crippen LogP contribution in [-0.2, 0) is 44.1 Å². The van der Waals surface area contributed by atoms with E-state index in [2.05, 4.69) is 10.3 Å². The molecule has 5 rings (SSSR count). The van der Waals surface area contributed by atoms with Crippen LogP contribution in [0.4, 0.5) is 17.1 Å². The molecule has 2 amide bonds. The number of nitrogens with zero attached hydrogens (tertiary/aromatic N) is 5. The molecule has 0 aliphatic carbocycles. The molecule has 11 nitrogen and oxygen atoms in total. The van der Waals surface area contributed by atoms with Crippen molar-refractivity contribution in [1.29, 1.82) is 0 Å². The smallest absolute Gasteiger partial charge is 0.305 e. The molecule has 0 unspecified atom stereocenters. The lowest BCUT2D eigenvalue weighted by Gasteiger charge is -2.31. The van der Waals surface area contributed by atoms with Gasteiger partial charge < -0.3 is 19.8 Å². The Labute approximate surface area is 256 Å². The van der Waals surface area contributed by atoms with Crippen LogP contribution in [0.1, 0.15) is 55.8 Å². The lowest BCUT2D eigenvalue weighted by Crippen LogP contribution is -2.44. The first-order chi connectivity index (χ1) is 21.3. The fourth-order valence-electron chi connectivity index (χ4n) is 5.97. The maximum atomic E-state index is 14.0. The largest absolute Gasteiger partial charge is 0.469 e. The summed E-state index contributed by atoms with van der Waals surface area (Å²) in [7, 11) is 1.35. The molecular formula is C33H39N5O6. The molecule has 0 fully saturated rings. The summed E-state index contributed by atoms with van der Waals surface area (Å²) in [6.45, 7) is 2.70. The van der Waals surface area contributed by atoms with Crippen LogP contribution >= 0.6 is 0 Å². The summed E-state index contributed by atoms with van der Waals surface area (Å²) in [5, 5.41) is 29.4. The number of anilines is 3. The highest BCUT2D eigenvalue weighted by Crippen LogP contribution is 2.48. The van der Waals surface area contributed by atoms with E-state index in [-0.39, 0.29) is 24.9 Å². The topological polar surface area (TPSA) is 138 Å². The van der Waals surface area contributed by atoms with Crippen LogP contribution in [0, 0.1) is 5.92 Å². The lowest BCUT2D eigenvalue weighted by atomic mass is 9.82. The van der Waals surface area contributed by atoms with E-state index in [4.69, 9.17) is 9.84 Å². The minimum Gasteiger partial charge on any atom is -0.469 e. The number of methoxy groups -OCH3 is 1. The zero-order valence-corrected chi connectivity index (χ0v) is 25.2. The number of amides is 2. The SMILES string of the molecule is COC(=O)CCCCN1C(=O)[C@](O)([C@H](C)/C=C/CCn2cc(CCO)nn2)c2cc(N3C(=O)CCc4ccccc43)ccc21. The minimum absolute atomic E-state index is 0.00659. The third-order valence-corrected chi connectivity index (χ3v) is 8.40. The van der Waals surface area contributed by atoms with Gasteiger partial charge in [-0.25, -0.2) is 0 Å².